The average Bonchev–Trinajstić information content (AvgIpc) is 2.34. The molecule has 0 saturated heterocycles. The molecule has 0 spiro atoms. The van der Waals surface area contributed by atoms with Crippen LogP contribution in [0.1, 0.15) is 77.6 Å². The molecule has 0 bridgehead atoms. The van der Waals surface area contributed by atoms with Crippen LogP contribution in [0.5, 0.6) is 0 Å². The fourth-order valence-electron chi connectivity index (χ4n) is 2.67. The van der Waals surface area contributed by atoms with E-state index in [1.165, 1.54) is 38.5 Å². The zero-order valence-electron chi connectivity index (χ0n) is 11.1. The molecule has 1 fully saturated rings. The molecule has 0 heterocycles. The largest absolute Gasteiger partial charge is 0.411 e. The molecule has 0 radical (unpaired) electrons. The Bertz CT molecular complexity index is 240. The second-order valence-electron chi connectivity index (χ2n) is 5.26. The van der Waals surface area contributed by atoms with Crippen LogP contribution in [0, 0.1) is 0 Å². The number of aliphatic hydroxyl groups is 1. The molecule has 17 heavy (non-hydrogen) atoms. The number of oxime groups is 1. The van der Waals surface area contributed by atoms with Crippen LogP contribution >= 0.6 is 0 Å². The van der Waals surface area contributed by atoms with Gasteiger partial charge in [0.15, 0.2) is 0 Å². The van der Waals surface area contributed by atoms with Gasteiger partial charge >= 0.3 is 0 Å². The lowest BCUT2D eigenvalue weighted by molar-refractivity contribution is 0.0877. The van der Waals surface area contributed by atoms with E-state index in [0.29, 0.717) is 12.1 Å². The van der Waals surface area contributed by atoms with E-state index < -0.39 is 5.60 Å². The van der Waals surface area contributed by atoms with Crippen LogP contribution in [0.15, 0.2) is 5.16 Å². The lowest BCUT2D eigenvalue weighted by atomic mass is 9.85. The van der Waals surface area contributed by atoms with Crippen LogP contribution in [0.25, 0.3) is 0 Å². The molecule has 0 aliphatic heterocycles. The van der Waals surface area contributed by atoms with Gasteiger partial charge in [0.2, 0.25) is 0 Å². The topological polar surface area (TPSA) is 52.8 Å². The van der Waals surface area contributed by atoms with E-state index in [0.717, 1.165) is 25.7 Å². The second-order valence-corrected chi connectivity index (χ2v) is 5.26. The molecule has 0 amide bonds. The summed E-state index contributed by atoms with van der Waals surface area (Å²) in [6.45, 7) is 1.97. The van der Waals surface area contributed by atoms with Gasteiger partial charge in [0.1, 0.15) is 5.60 Å². The quantitative estimate of drug-likeness (QED) is 0.541. The molecule has 0 aromatic carbocycles. The number of rotatable bonds is 1. The summed E-state index contributed by atoms with van der Waals surface area (Å²) in [5.41, 5.74) is -0.269. The Morgan fingerprint density at radius 2 is 1.53 bits per heavy atom. The van der Waals surface area contributed by atoms with Crippen LogP contribution in [0.2, 0.25) is 0 Å². The molecule has 3 heteroatoms. The Morgan fingerprint density at radius 1 is 1.00 bits per heavy atom. The van der Waals surface area contributed by atoms with Crippen molar-refractivity contribution in [3.05, 3.63) is 0 Å². The summed E-state index contributed by atoms with van der Waals surface area (Å²) in [5, 5.41) is 23.0. The number of hydrogen-bond acceptors (Lipinski definition) is 3. The Hall–Kier alpha value is -0.570. The van der Waals surface area contributed by atoms with Crippen LogP contribution in [0.3, 0.4) is 0 Å². The zero-order valence-corrected chi connectivity index (χ0v) is 11.1. The van der Waals surface area contributed by atoms with Crippen molar-refractivity contribution in [2.75, 3.05) is 0 Å². The number of nitrogens with zero attached hydrogens (tertiary/aromatic N) is 1. The Morgan fingerprint density at radius 3 is 2.06 bits per heavy atom. The predicted octanol–water partition coefficient (Wildman–Crippen LogP) is 3.87. The molecule has 1 saturated carbocycles. The Labute approximate surface area is 105 Å². The minimum atomic E-state index is -0.867. The maximum absolute atomic E-state index is 10.5. The monoisotopic (exact) mass is 241 g/mol. The van der Waals surface area contributed by atoms with E-state index >= 15 is 0 Å². The molecule has 1 aliphatic carbocycles. The Balaban J connectivity index is 2.62. The molecule has 1 rings (SSSR count). The Kier molecular flexibility index (Phi) is 6.56. The van der Waals surface area contributed by atoms with Crippen molar-refractivity contribution < 1.29 is 10.3 Å². The maximum atomic E-state index is 10.5. The first-order valence-electron chi connectivity index (χ1n) is 7.16. The third-order valence-corrected chi connectivity index (χ3v) is 4.00. The smallest absolute Gasteiger partial charge is 0.106 e. The molecule has 0 aromatic rings. The van der Waals surface area contributed by atoms with Crippen molar-refractivity contribution in [3.63, 3.8) is 0 Å². The summed E-state index contributed by atoms with van der Waals surface area (Å²) < 4.78 is 0. The standard InChI is InChI=1S/C14H27NO2/c1-2-14(16)12-10-8-6-4-3-5-7-9-11-13(14)15-17/h16-17H,2-12H2,1H3. The first-order chi connectivity index (χ1) is 8.23. The van der Waals surface area contributed by atoms with Gasteiger partial charge < -0.3 is 10.3 Å². The molecule has 0 aromatic heterocycles. The molecular weight excluding hydrogens is 214 g/mol. The summed E-state index contributed by atoms with van der Waals surface area (Å²) in [5.74, 6) is 0. The fraction of sp³-hybridized carbons (Fsp3) is 0.929. The maximum Gasteiger partial charge on any atom is 0.106 e. The first-order valence-corrected chi connectivity index (χ1v) is 7.16. The van der Waals surface area contributed by atoms with Gasteiger partial charge in [0.05, 0.1) is 5.71 Å². The highest BCUT2D eigenvalue weighted by Crippen LogP contribution is 2.25. The van der Waals surface area contributed by atoms with Gasteiger partial charge in [-0.1, -0.05) is 57.0 Å². The van der Waals surface area contributed by atoms with Gasteiger partial charge in [0, 0.05) is 0 Å². The van der Waals surface area contributed by atoms with E-state index in [-0.39, 0.29) is 0 Å². The summed E-state index contributed by atoms with van der Waals surface area (Å²) in [6, 6.07) is 0. The molecule has 2 N–H and O–H groups in total. The molecule has 1 unspecified atom stereocenters. The third-order valence-electron chi connectivity index (χ3n) is 4.00. The van der Waals surface area contributed by atoms with E-state index in [4.69, 9.17) is 5.21 Å². The summed E-state index contributed by atoms with van der Waals surface area (Å²) >= 11 is 0. The van der Waals surface area contributed by atoms with Crippen LogP contribution in [-0.2, 0) is 0 Å². The summed E-state index contributed by atoms with van der Waals surface area (Å²) in [4.78, 5) is 0. The third kappa shape index (κ3) is 4.66. The highest BCUT2D eigenvalue weighted by atomic mass is 16.4. The summed E-state index contributed by atoms with van der Waals surface area (Å²) in [6.07, 6.45) is 11.7. The van der Waals surface area contributed by atoms with Crippen molar-refractivity contribution >= 4 is 5.71 Å². The lowest BCUT2D eigenvalue weighted by Crippen LogP contribution is -2.38. The SMILES string of the molecule is CCC1(O)CCCCCCCCCCC1=NO. The second kappa shape index (κ2) is 7.70. The fourth-order valence-corrected chi connectivity index (χ4v) is 2.67. The molecule has 1 aliphatic rings. The van der Waals surface area contributed by atoms with Crippen molar-refractivity contribution in [3.8, 4) is 0 Å². The van der Waals surface area contributed by atoms with Crippen LogP contribution in [0.4, 0.5) is 0 Å². The zero-order chi connectivity index (χ0) is 12.6. The van der Waals surface area contributed by atoms with Crippen molar-refractivity contribution in [2.45, 2.75) is 83.2 Å². The van der Waals surface area contributed by atoms with Gasteiger partial charge in [0.25, 0.3) is 0 Å². The van der Waals surface area contributed by atoms with Crippen molar-refractivity contribution in [1.29, 1.82) is 0 Å². The van der Waals surface area contributed by atoms with Gasteiger partial charge in [-0.25, -0.2) is 0 Å². The average molecular weight is 241 g/mol. The van der Waals surface area contributed by atoms with E-state index in [9.17, 15) is 5.11 Å². The number of hydrogen-bond donors (Lipinski definition) is 2. The summed E-state index contributed by atoms with van der Waals surface area (Å²) in [7, 11) is 0. The molecule has 3 nitrogen and oxygen atoms in total. The van der Waals surface area contributed by atoms with Gasteiger partial charge in [-0.2, -0.15) is 0 Å². The van der Waals surface area contributed by atoms with E-state index in [1.54, 1.807) is 0 Å². The molecule has 1 atom stereocenters. The first kappa shape index (κ1) is 14.5. The van der Waals surface area contributed by atoms with E-state index in [1.807, 2.05) is 6.92 Å². The minimum absolute atomic E-state index is 0.598. The lowest BCUT2D eigenvalue weighted by Gasteiger charge is -2.28. The molecular formula is C14H27NO2. The van der Waals surface area contributed by atoms with Gasteiger partial charge in [-0.3, -0.25) is 0 Å². The van der Waals surface area contributed by atoms with Crippen LogP contribution in [-0.4, -0.2) is 21.6 Å². The normalized spacial score (nSPS) is 31.8. The van der Waals surface area contributed by atoms with Gasteiger partial charge in [-0.15, -0.1) is 0 Å². The highest BCUT2D eigenvalue weighted by molar-refractivity contribution is 5.91. The highest BCUT2D eigenvalue weighted by Gasteiger charge is 2.30. The van der Waals surface area contributed by atoms with E-state index in [2.05, 4.69) is 5.16 Å². The van der Waals surface area contributed by atoms with Gasteiger partial charge in [-0.05, 0) is 25.7 Å². The van der Waals surface area contributed by atoms with Crippen molar-refractivity contribution in [1.82, 2.24) is 0 Å². The molecule has 100 valence electrons. The van der Waals surface area contributed by atoms with Crippen LogP contribution < -0.4 is 0 Å². The predicted molar refractivity (Wildman–Crippen MR) is 70.6 cm³/mol. The van der Waals surface area contributed by atoms with Crippen molar-refractivity contribution in [2.24, 2.45) is 5.16 Å². The minimum Gasteiger partial charge on any atom is -0.411 e.